The highest BCUT2D eigenvalue weighted by atomic mass is 19.1. The Hall–Kier alpha value is -2.50. The number of benzene rings is 1. The van der Waals surface area contributed by atoms with Crippen LogP contribution in [-0.2, 0) is 0 Å². The normalized spacial score (nSPS) is 10.4. The summed E-state index contributed by atoms with van der Waals surface area (Å²) in [5, 5.41) is 11.0. The number of nitrogens with zero attached hydrogens (tertiary/aromatic N) is 3. The van der Waals surface area contributed by atoms with Crippen LogP contribution in [0.5, 0.6) is 0 Å². The Bertz CT molecular complexity index is 622. The van der Waals surface area contributed by atoms with Crippen molar-refractivity contribution in [1.29, 1.82) is 0 Å². The van der Waals surface area contributed by atoms with Crippen LogP contribution in [-0.4, -0.2) is 34.1 Å². The summed E-state index contributed by atoms with van der Waals surface area (Å²) in [5.41, 5.74) is 1.04. The van der Waals surface area contributed by atoms with Gasteiger partial charge in [-0.05, 0) is 49.2 Å². The molecule has 2 aromatic rings. The van der Waals surface area contributed by atoms with Crippen LogP contribution in [0.1, 0.15) is 37.2 Å². The first-order valence-electron chi connectivity index (χ1n) is 7.79. The molecule has 1 N–H and O–H groups in total. The molecule has 6 heteroatoms. The molecule has 122 valence electrons. The van der Waals surface area contributed by atoms with Gasteiger partial charge in [0.15, 0.2) is 11.5 Å². The van der Waals surface area contributed by atoms with Crippen LogP contribution < -0.4 is 5.32 Å². The average Bonchev–Trinajstić information content (AvgIpc) is 2.57. The first kappa shape index (κ1) is 16.9. The Morgan fingerprint density at radius 3 is 2.22 bits per heavy atom. The van der Waals surface area contributed by atoms with E-state index in [-0.39, 0.29) is 11.7 Å². The van der Waals surface area contributed by atoms with Gasteiger partial charge in [0.2, 0.25) is 0 Å². The minimum absolute atomic E-state index is 0.102. The van der Waals surface area contributed by atoms with Crippen molar-refractivity contribution in [2.24, 2.45) is 0 Å². The van der Waals surface area contributed by atoms with Gasteiger partial charge in [0.05, 0.1) is 0 Å². The summed E-state index contributed by atoms with van der Waals surface area (Å²) in [5.74, 6) is 0.106. The molecule has 5 nitrogen and oxygen atoms in total. The Morgan fingerprint density at radius 1 is 1.04 bits per heavy atom. The molecule has 0 unspecified atom stereocenters. The summed E-state index contributed by atoms with van der Waals surface area (Å²) in [6, 6.07) is 9.29. The molecule has 1 amide bonds. The SMILES string of the molecule is CCCN(CCC)C(=O)c1ccc(Nc2ccc(F)cc2)nn1. The lowest BCUT2D eigenvalue weighted by Crippen LogP contribution is -2.33. The Morgan fingerprint density at radius 2 is 1.70 bits per heavy atom. The zero-order valence-corrected chi connectivity index (χ0v) is 13.4. The van der Waals surface area contributed by atoms with Crippen LogP contribution in [0.25, 0.3) is 0 Å². The van der Waals surface area contributed by atoms with Crippen molar-refractivity contribution in [3.05, 3.63) is 47.9 Å². The van der Waals surface area contributed by atoms with E-state index in [9.17, 15) is 9.18 Å². The van der Waals surface area contributed by atoms with E-state index in [4.69, 9.17) is 0 Å². The molecule has 0 radical (unpaired) electrons. The molecule has 1 aromatic heterocycles. The van der Waals surface area contributed by atoms with Crippen molar-refractivity contribution in [2.75, 3.05) is 18.4 Å². The van der Waals surface area contributed by atoms with Crippen LogP contribution in [0.2, 0.25) is 0 Å². The highest BCUT2D eigenvalue weighted by Crippen LogP contribution is 2.14. The van der Waals surface area contributed by atoms with Crippen molar-refractivity contribution in [3.63, 3.8) is 0 Å². The minimum atomic E-state index is -0.297. The van der Waals surface area contributed by atoms with Gasteiger partial charge < -0.3 is 10.2 Å². The molecular formula is C17H21FN4O. The maximum atomic E-state index is 12.9. The smallest absolute Gasteiger partial charge is 0.274 e. The van der Waals surface area contributed by atoms with Crippen molar-refractivity contribution < 1.29 is 9.18 Å². The highest BCUT2D eigenvalue weighted by Gasteiger charge is 2.16. The van der Waals surface area contributed by atoms with E-state index < -0.39 is 0 Å². The van der Waals surface area contributed by atoms with Crippen molar-refractivity contribution in [1.82, 2.24) is 15.1 Å². The molecule has 0 fully saturated rings. The maximum Gasteiger partial charge on any atom is 0.274 e. The van der Waals surface area contributed by atoms with Gasteiger partial charge in [0.1, 0.15) is 5.82 Å². The number of halogens is 1. The first-order valence-corrected chi connectivity index (χ1v) is 7.79. The number of amides is 1. The zero-order valence-electron chi connectivity index (χ0n) is 13.4. The third-order valence-electron chi connectivity index (χ3n) is 3.27. The topological polar surface area (TPSA) is 58.1 Å². The third kappa shape index (κ3) is 4.74. The number of rotatable bonds is 7. The van der Waals surface area contributed by atoms with Crippen LogP contribution in [0.4, 0.5) is 15.9 Å². The van der Waals surface area contributed by atoms with E-state index in [1.54, 1.807) is 29.2 Å². The molecule has 2 rings (SSSR count). The Kier molecular flexibility index (Phi) is 6.02. The lowest BCUT2D eigenvalue weighted by Gasteiger charge is -2.20. The number of hydrogen-bond donors (Lipinski definition) is 1. The predicted octanol–water partition coefficient (Wildman–Crippen LogP) is 3.62. The minimum Gasteiger partial charge on any atom is -0.339 e. The summed E-state index contributed by atoms with van der Waals surface area (Å²) in [6.07, 6.45) is 1.81. The second-order valence-corrected chi connectivity index (χ2v) is 5.23. The van der Waals surface area contributed by atoms with Gasteiger partial charge in [-0.2, -0.15) is 0 Å². The van der Waals surface area contributed by atoms with Crippen LogP contribution in [0.15, 0.2) is 36.4 Å². The molecular weight excluding hydrogens is 295 g/mol. The molecule has 23 heavy (non-hydrogen) atoms. The quantitative estimate of drug-likeness (QED) is 0.847. The second-order valence-electron chi connectivity index (χ2n) is 5.23. The summed E-state index contributed by atoms with van der Waals surface area (Å²) < 4.78 is 12.9. The van der Waals surface area contributed by atoms with Gasteiger partial charge in [-0.15, -0.1) is 10.2 Å². The predicted molar refractivity (Wildman–Crippen MR) is 88.2 cm³/mol. The number of nitrogens with one attached hydrogen (secondary N) is 1. The van der Waals surface area contributed by atoms with Crippen LogP contribution >= 0.6 is 0 Å². The van der Waals surface area contributed by atoms with Gasteiger partial charge in [-0.1, -0.05) is 13.8 Å². The first-order chi connectivity index (χ1) is 11.1. The van der Waals surface area contributed by atoms with E-state index in [1.165, 1.54) is 12.1 Å². The molecule has 1 aromatic carbocycles. The number of hydrogen-bond acceptors (Lipinski definition) is 4. The average molecular weight is 316 g/mol. The van der Waals surface area contributed by atoms with Crippen molar-refractivity contribution in [3.8, 4) is 0 Å². The standard InChI is InChI=1S/C17H21FN4O/c1-3-11-22(12-4-2)17(23)15-9-10-16(21-20-15)19-14-7-5-13(18)6-8-14/h5-10H,3-4,11-12H2,1-2H3,(H,19,21). The Balaban J connectivity index is 2.05. The van der Waals surface area contributed by atoms with Crippen LogP contribution in [0, 0.1) is 5.82 Å². The van der Waals surface area contributed by atoms with E-state index in [0.717, 1.165) is 12.8 Å². The van der Waals surface area contributed by atoms with Gasteiger partial charge in [-0.25, -0.2) is 4.39 Å². The molecule has 1 heterocycles. The third-order valence-corrected chi connectivity index (χ3v) is 3.27. The summed E-state index contributed by atoms with van der Waals surface area (Å²) in [4.78, 5) is 14.2. The molecule has 0 saturated heterocycles. The van der Waals surface area contributed by atoms with E-state index in [2.05, 4.69) is 15.5 Å². The molecule has 0 aliphatic heterocycles. The molecule has 0 aliphatic carbocycles. The fourth-order valence-corrected chi connectivity index (χ4v) is 2.21. The lowest BCUT2D eigenvalue weighted by molar-refractivity contribution is 0.0748. The van der Waals surface area contributed by atoms with Gasteiger partial charge >= 0.3 is 0 Å². The van der Waals surface area contributed by atoms with Gasteiger partial charge in [-0.3, -0.25) is 4.79 Å². The molecule has 0 atom stereocenters. The Labute approximate surface area is 135 Å². The highest BCUT2D eigenvalue weighted by molar-refractivity contribution is 5.92. The fourth-order valence-electron chi connectivity index (χ4n) is 2.21. The summed E-state index contributed by atoms with van der Waals surface area (Å²) >= 11 is 0. The van der Waals surface area contributed by atoms with Crippen molar-refractivity contribution in [2.45, 2.75) is 26.7 Å². The second kappa shape index (κ2) is 8.22. The maximum absolute atomic E-state index is 12.9. The lowest BCUT2D eigenvalue weighted by atomic mass is 10.3. The summed E-state index contributed by atoms with van der Waals surface area (Å²) in [7, 11) is 0. The zero-order chi connectivity index (χ0) is 16.7. The number of aromatic nitrogens is 2. The molecule has 0 spiro atoms. The molecule has 0 aliphatic rings. The summed E-state index contributed by atoms with van der Waals surface area (Å²) in [6.45, 7) is 5.50. The van der Waals surface area contributed by atoms with E-state index in [1.807, 2.05) is 13.8 Å². The number of carbonyl (C=O) groups excluding carboxylic acids is 1. The van der Waals surface area contributed by atoms with E-state index >= 15 is 0 Å². The van der Waals surface area contributed by atoms with Gasteiger partial charge in [0, 0.05) is 18.8 Å². The number of carbonyl (C=O) groups is 1. The largest absolute Gasteiger partial charge is 0.339 e. The van der Waals surface area contributed by atoms with Crippen LogP contribution in [0.3, 0.4) is 0 Å². The van der Waals surface area contributed by atoms with E-state index in [0.29, 0.717) is 30.3 Å². The molecule has 0 saturated carbocycles. The number of anilines is 2. The van der Waals surface area contributed by atoms with Crippen molar-refractivity contribution >= 4 is 17.4 Å². The molecule has 0 bridgehead atoms. The monoisotopic (exact) mass is 316 g/mol. The van der Waals surface area contributed by atoms with Gasteiger partial charge in [0.25, 0.3) is 5.91 Å². The fraction of sp³-hybridized carbons (Fsp3) is 0.353.